The van der Waals surface area contributed by atoms with E-state index in [1.807, 2.05) is 0 Å². The topological polar surface area (TPSA) is 144 Å². The highest BCUT2D eigenvalue weighted by Crippen LogP contribution is 2.29. The Morgan fingerprint density at radius 1 is 0.853 bits per heavy atom. The third kappa shape index (κ3) is 3.86. The summed E-state index contributed by atoms with van der Waals surface area (Å²) in [6.45, 7) is 1.21. The van der Waals surface area contributed by atoms with Crippen LogP contribution in [-0.2, 0) is 0 Å². The fraction of sp³-hybridized carbons (Fsp3) is 0.0870. The molecule has 0 atom stereocenters. The Kier molecular flexibility index (Phi) is 5.60. The van der Waals surface area contributed by atoms with Gasteiger partial charge < -0.3 is 0 Å². The van der Waals surface area contributed by atoms with Crippen molar-refractivity contribution >= 4 is 34.8 Å². The predicted octanol–water partition coefficient (Wildman–Crippen LogP) is 3.71. The molecule has 0 bridgehead atoms. The first-order valence-corrected chi connectivity index (χ1v) is 9.95. The maximum atomic E-state index is 13.6. The van der Waals surface area contributed by atoms with Crippen LogP contribution in [0.2, 0.25) is 0 Å². The molecule has 1 aliphatic rings. The molecule has 0 spiro atoms. The molecule has 3 amide bonds. The zero-order valence-corrected chi connectivity index (χ0v) is 17.7. The first-order valence-electron chi connectivity index (χ1n) is 9.95. The molecule has 1 aliphatic heterocycles. The van der Waals surface area contributed by atoms with Crippen molar-refractivity contribution in [2.75, 3.05) is 11.6 Å². The molecule has 0 saturated heterocycles. The Hall–Kier alpha value is -4.93. The van der Waals surface area contributed by atoms with Crippen LogP contribution in [0, 0.1) is 27.2 Å². The number of hydrogen-bond donors (Lipinski definition) is 0. The van der Waals surface area contributed by atoms with Crippen LogP contribution in [0.3, 0.4) is 0 Å². The van der Waals surface area contributed by atoms with Crippen LogP contribution >= 0.6 is 0 Å². The number of carbonyl (C=O) groups is 3. The summed E-state index contributed by atoms with van der Waals surface area (Å²) in [5.41, 5.74) is -0.274. The lowest BCUT2D eigenvalue weighted by Gasteiger charge is -2.28. The second kappa shape index (κ2) is 8.54. The maximum absolute atomic E-state index is 13.6. The summed E-state index contributed by atoms with van der Waals surface area (Å²) >= 11 is 0. The number of para-hydroxylation sites is 1. The second-order valence-corrected chi connectivity index (χ2v) is 7.50. The lowest BCUT2D eigenvalue weighted by Crippen LogP contribution is -2.44. The van der Waals surface area contributed by atoms with E-state index in [-0.39, 0.29) is 16.7 Å². The Labute approximate surface area is 192 Å². The number of non-ortho nitro benzene ring substituents is 2. The van der Waals surface area contributed by atoms with E-state index in [1.54, 1.807) is 43.3 Å². The maximum Gasteiger partial charge on any atom is 0.277 e. The number of nitro benzene ring substituents is 2. The van der Waals surface area contributed by atoms with Crippen LogP contribution in [0.25, 0.3) is 0 Å². The minimum atomic E-state index is -0.849. The molecular formula is C23H16N4O7. The average Bonchev–Trinajstić information content (AvgIpc) is 3.07. The van der Waals surface area contributed by atoms with Gasteiger partial charge in [-0.3, -0.25) is 44.4 Å². The van der Waals surface area contributed by atoms with Crippen molar-refractivity contribution in [2.24, 2.45) is 0 Å². The van der Waals surface area contributed by atoms with Crippen molar-refractivity contribution in [2.45, 2.75) is 6.92 Å². The van der Waals surface area contributed by atoms with Crippen molar-refractivity contribution in [3.8, 4) is 0 Å². The molecule has 0 saturated carbocycles. The van der Waals surface area contributed by atoms with Gasteiger partial charge in [0.2, 0.25) is 0 Å². The Balaban J connectivity index is 1.80. The quantitative estimate of drug-likeness (QED) is 0.310. The zero-order chi connectivity index (χ0) is 24.6. The van der Waals surface area contributed by atoms with Gasteiger partial charge in [0.15, 0.2) is 0 Å². The molecule has 3 aromatic rings. The Morgan fingerprint density at radius 2 is 1.35 bits per heavy atom. The first-order chi connectivity index (χ1) is 16.2. The first kappa shape index (κ1) is 22.3. The molecular weight excluding hydrogens is 444 g/mol. The van der Waals surface area contributed by atoms with Gasteiger partial charge in [-0.25, -0.2) is 0 Å². The number of rotatable bonds is 6. The van der Waals surface area contributed by atoms with Gasteiger partial charge in [0.25, 0.3) is 29.1 Å². The monoisotopic (exact) mass is 460 g/mol. The molecule has 0 aromatic heterocycles. The highest BCUT2D eigenvalue weighted by Gasteiger charge is 2.38. The van der Waals surface area contributed by atoms with Gasteiger partial charge >= 0.3 is 0 Å². The number of hydrogen-bond acceptors (Lipinski definition) is 7. The summed E-state index contributed by atoms with van der Waals surface area (Å²) in [5, 5.41) is 22.6. The minimum Gasteiger partial charge on any atom is -0.289 e. The van der Waals surface area contributed by atoms with E-state index in [1.165, 1.54) is 12.1 Å². The third-order valence-corrected chi connectivity index (χ3v) is 5.38. The highest BCUT2D eigenvalue weighted by atomic mass is 16.6. The van der Waals surface area contributed by atoms with Gasteiger partial charge in [-0.15, -0.1) is 0 Å². The van der Waals surface area contributed by atoms with Crippen LogP contribution in [0.4, 0.5) is 17.1 Å². The van der Waals surface area contributed by atoms with Gasteiger partial charge in [0.05, 0.1) is 32.6 Å². The van der Waals surface area contributed by atoms with E-state index >= 15 is 0 Å². The molecule has 11 heteroatoms. The Bertz CT molecular complexity index is 1320. The van der Waals surface area contributed by atoms with Crippen LogP contribution in [0.1, 0.15) is 36.6 Å². The predicted molar refractivity (Wildman–Crippen MR) is 120 cm³/mol. The molecule has 1 heterocycles. The molecule has 11 nitrogen and oxygen atoms in total. The van der Waals surface area contributed by atoms with E-state index in [0.717, 1.165) is 28.0 Å². The van der Waals surface area contributed by atoms with Crippen LogP contribution in [0.5, 0.6) is 0 Å². The van der Waals surface area contributed by atoms with Gasteiger partial charge in [-0.1, -0.05) is 30.3 Å². The van der Waals surface area contributed by atoms with Crippen LogP contribution < -0.4 is 4.90 Å². The normalized spacial score (nSPS) is 12.4. The summed E-state index contributed by atoms with van der Waals surface area (Å²) in [6, 6.07) is 15.5. The minimum absolute atomic E-state index is 0.190. The molecule has 34 heavy (non-hydrogen) atoms. The number of anilines is 1. The number of fused-ring (bicyclic) bond motifs is 1. The summed E-state index contributed by atoms with van der Waals surface area (Å²) in [7, 11) is 0. The van der Waals surface area contributed by atoms with Gasteiger partial charge in [0.1, 0.15) is 6.67 Å². The second-order valence-electron chi connectivity index (χ2n) is 7.50. The molecule has 4 rings (SSSR count). The van der Waals surface area contributed by atoms with Crippen molar-refractivity contribution in [1.82, 2.24) is 4.90 Å². The van der Waals surface area contributed by atoms with Crippen molar-refractivity contribution in [3.63, 3.8) is 0 Å². The standard InChI is InChI=1S/C23H16N4O7/c1-14-6-2-5-9-20(14)24(13-25-22(29)18-7-3-4-8-19(18)23(25)30)21(28)15-10-16(26(31)32)12-17(11-15)27(33)34/h2-12H,13H2,1H3. The number of nitro groups is 2. The fourth-order valence-electron chi connectivity index (χ4n) is 3.71. The van der Waals surface area contributed by atoms with Crippen LogP contribution in [0.15, 0.2) is 66.7 Å². The number of imide groups is 1. The molecule has 170 valence electrons. The van der Waals surface area contributed by atoms with E-state index in [9.17, 15) is 34.6 Å². The molecule has 0 unspecified atom stereocenters. The van der Waals surface area contributed by atoms with Crippen molar-refractivity contribution < 1.29 is 24.2 Å². The number of aryl methyl sites for hydroxylation is 1. The van der Waals surface area contributed by atoms with E-state index in [0.29, 0.717) is 11.3 Å². The van der Waals surface area contributed by atoms with E-state index in [2.05, 4.69) is 0 Å². The molecule has 0 aliphatic carbocycles. The van der Waals surface area contributed by atoms with Gasteiger partial charge in [0, 0.05) is 17.8 Å². The zero-order valence-electron chi connectivity index (χ0n) is 17.7. The van der Waals surface area contributed by atoms with E-state index < -0.39 is 45.6 Å². The van der Waals surface area contributed by atoms with Crippen molar-refractivity contribution in [3.05, 3.63) is 109 Å². The highest BCUT2D eigenvalue weighted by molar-refractivity contribution is 6.22. The van der Waals surface area contributed by atoms with Crippen molar-refractivity contribution in [1.29, 1.82) is 0 Å². The summed E-state index contributed by atoms with van der Waals surface area (Å²) in [6.07, 6.45) is 0. The summed E-state index contributed by atoms with van der Waals surface area (Å²) in [4.78, 5) is 62.2. The number of amides is 3. The number of benzene rings is 3. The fourth-order valence-corrected chi connectivity index (χ4v) is 3.71. The molecule has 3 aromatic carbocycles. The molecule has 0 radical (unpaired) electrons. The smallest absolute Gasteiger partial charge is 0.277 e. The van der Waals surface area contributed by atoms with Gasteiger partial charge in [-0.05, 0) is 30.7 Å². The summed E-state index contributed by atoms with van der Waals surface area (Å²) < 4.78 is 0. The van der Waals surface area contributed by atoms with Gasteiger partial charge in [-0.2, -0.15) is 0 Å². The lowest BCUT2D eigenvalue weighted by molar-refractivity contribution is -0.394. The van der Waals surface area contributed by atoms with Crippen LogP contribution in [-0.4, -0.2) is 39.1 Å². The number of carbonyl (C=O) groups excluding carboxylic acids is 3. The molecule has 0 fully saturated rings. The summed E-state index contributed by atoms with van der Waals surface area (Å²) in [5.74, 6) is -2.05. The largest absolute Gasteiger partial charge is 0.289 e. The number of nitrogens with zero attached hydrogens (tertiary/aromatic N) is 4. The Morgan fingerprint density at radius 3 is 1.85 bits per heavy atom. The third-order valence-electron chi connectivity index (χ3n) is 5.38. The SMILES string of the molecule is Cc1ccccc1N(CN1C(=O)c2ccccc2C1=O)C(=O)c1cc([N+](=O)[O-])cc([N+](=O)[O-])c1. The molecule has 0 N–H and O–H groups in total. The lowest BCUT2D eigenvalue weighted by atomic mass is 10.1. The average molecular weight is 460 g/mol. The van der Waals surface area contributed by atoms with E-state index in [4.69, 9.17) is 0 Å².